The second-order valence-electron chi connectivity index (χ2n) is 11.0. The summed E-state index contributed by atoms with van der Waals surface area (Å²) in [6.07, 6.45) is 14.7. The van der Waals surface area contributed by atoms with Gasteiger partial charge in [0, 0.05) is 0 Å². The van der Waals surface area contributed by atoms with Crippen LogP contribution in [0, 0.1) is 0 Å². The number of carbonyl (C=O) groups is 2. The van der Waals surface area contributed by atoms with Crippen LogP contribution >= 0.6 is 0 Å². The average molecular weight is 639 g/mol. The topological polar surface area (TPSA) is 52.6 Å². The number of unbranched alkanes of at least 4 members (excludes halogenated alkanes) is 10. The molecule has 2 aromatic rings. The average Bonchev–Trinajstić information content (AvgIpc) is 3.04. The molecule has 0 aliphatic carbocycles. The summed E-state index contributed by atoms with van der Waals surface area (Å²) >= 11 is -4.01. The quantitative estimate of drug-likeness (QED) is 0.121. The molecule has 0 fully saturated rings. The number of hydrogen-bond donors (Lipinski definition) is 0. The first-order valence-corrected chi connectivity index (χ1v) is 21.7. The predicted molar refractivity (Wildman–Crippen MR) is 162 cm³/mol. The Balaban J connectivity index is 1.83. The minimum absolute atomic E-state index is 0.316. The number of hydrogen-bond acceptors (Lipinski definition) is 4. The third kappa shape index (κ3) is 10.8. The van der Waals surface area contributed by atoms with Crippen molar-refractivity contribution in [2.24, 2.45) is 0 Å². The van der Waals surface area contributed by atoms with Gasteiger partial charge in [-0.1, -0.05) is 0 Å². The van der Waals surface area contributed by atoms with Crippen LogP contribution in [-0.4, -0.2) is 31.1 Å². The van der Waals surface area contributed by atoms with Crippen LogP contribution in [0.15, 0.2) is 71.8 Å². The van der Waals surface area contributed by atoms with Crippen molar-refractivity contribution >= 4 is 31.1 Å². The minimum atomic E-state index is -4.01. The fraction of sp³-hybridized carbons (Fsp3) is 0.529. The van der Waals surface area contributed by atoms with E-state index in [0.717, 1.165) is 45.7 Å². The summed E-state index contributed by atoms with van der Waals surface area (Å²) in [7, 11) is 0. The molecular weight excluding hydrogens is 591 g/mol. The molecule has 0 saturated heterocycles. The van der Waals surface area contributed by atoms with E-state index in [9.17, 15) is 9.59 Å². The van der Waals surface area contributed by atoms with E-state index in [1.54, 1.807) is 0 Å². The van der Waals surface area contributed by atoms with Gasteiger partial charge < -0.3 is 0 Å². The molecule has 1 aliphatic heterocycles. The summed E-state index contributed by atoms with van der Waals surface area (Å²) in [5.74, 6) is -0.633. The molecule has 212 valence electrons. The van der Waals surface area contributed by atoms with Crippen molar-refractivity contribution in [1.82, 2.24) is 0 Å². The molecule has 0 saturated carbocycles. The fourth-order valence-corrected chi connectivity index (χ4v) is 14.5. The van der Waals surface area contributed by atoms with Crippen molar-refractivity contribution in [3.8, 4) is 0 Å². The normalized spacial score (nSPS) is 15.1. The summed E-state index contributed by atoms with van der Waals surface area (Å²) in [6, 6.07) is 19.8. The van der Waals surface area contributed by atoms with Crippen molar-refractivity contribution in [2.45, 2.75) is 113 Å². The Labute approximate surface area is 241 Å². The van der Waals surface area contributed by atoms with Crippen LogP contribution in [0.2, 0.25) is 8.87 Å². The van der Waals surface area contributed by atoms with Crippen molar-refractivity contribution in [1.29, 1.82) is 0 Å². The van der Waals surface area contributed by atoms with Crippen LogP contribution in [0.4, 0.5) is 0 Å². The third-order valence-corrected chi connectivity index (χ3v) is 17.2. The molecule has 0 unspecified atom stereocenters. The van der Waals surface area contributed by atoms with Gasteiger partial charge in [-0.25, -0.2) is 0 Å². The van der Waals surface area contributed by atoms with Crippen molar-refractivity contribution < 1.29 is 15.7 Å². The summed E-state index contributed by atoms with van der Waals surface area (Å²) in [4.78, 5) is 27.7. The molecule has 0 amide bonds. The molecule has 0 bridgehead atoms. The maximum absolute atomic E-state index is 13.9. The molecule has 0 aromatic heterocycles. The number of rotatable bonds is 18. The standard InChI is InChI=1S/C18H16O4.2C8H17.Sn/c19-17(20)15(11-13-7-3-1-4-8-13)16(18(21)22)12-14-9-5-2-6-10-14;2*1-3-5-7-8-6-4-2;/h1-10H,11-12H2,(H,19,20)(H,21,22);2*1,3-8H2,2H3;/q;;;+2/p-2. The molecule has 3 rings (SSSR count). The predicted octanol–water partition coefficient (Wildman–Crippen LogP) is 9.03. The van der Waals surface area contributed by atoms with Gasteiger partial charge in [-0.3, -0.25) is 0 Å². The summed E-state index contributed by atoms with van der Waals surface area (Å²) in [5, 5.41) is 0. The zero-order valence-electron chi connectivity index (χ0n) is 24.2. The first kappa shape index (κ1) is 31.4. The van der Waals surface area contributed by atoms with E-state index in [1.807, 2.05) is 60.7 Å². The van der Waals surface area contributed by atoms with E-state index < -0.39 is 19.2 Å². The zero-order chi connectivity index (χ0) is 27.8. The monoisotopic (exact) mass is 640 g/mol. The molecule has 1 aliphatic rings. The molecule has 5 heteroatoms. The molecule has 2 aromatic carbocycles. The Morgan fingerprint density at radius 2 is 0.872 bits per heavy atom. The maximum atomic E-state index is 13.9. The molecular formula is C34H48O4Sn. The van der Waals surface area contributed by atoms with Crippen molar-refractivity contribution in [3.63, 3.8) is 0 Å². The molecule has 4 nitrogen and oxygen atoms in total. The second-order valence-corrected chi connectivity index (χ2v) is 20.2. The van der Waals surface area contributed by atoms with Crippen molar-refractivity contribution in [3.05, 3.63) is 82.9 Å². The Morgan fingerprint density at radius 1 is 0.513 bits per heavy atom. The third-order valence-electron chi connectivity index (χ3n) is 7.68. The van der Waals surface area contributed by atoms with E-state index in [1.165, 1.54) is 51.4 Å². The number of carbonyl (C=O) groups excluding carboxylic acids is 2. The van der Waals surface area contributed by atoms with E-state index in [-0.39, 0.29) is 11.9 Å². The van der Waals surface area contributed by atoms with Crippen LogP contribution in [-0.2, 0) is 28.6 Å². The first-order valence-electron chi connectivity index (χ1n) is 15.3. The SMILES string of the molecule is CCCCCCC[CH2][Sn]1([CH2]CCCCCCC)[O]C(=O)C(Cc2ccccc2)=C(Cc2ccccc2)C(=O)[O]1. The Bertz CT molecular complexity index is 948. The van der Waals surface area contributed by atoms with Crippen molar-refractivity contribution in [2.75, 3.05) is 0 Å². The van der Waals surface area contributed by atoms with Crippen LogP contribution in [0.3, 0.4) is 0 Å². The Hall–Kier alpha value is -2.08. The van der Waals surface area contributed by atoms with Crippen LogP contribution in [0.1, 0.15) is 102 Å². The van der Waals surface area contributed by atoms with Gasteiger partial charge in [0.25, 0.3) is 0 Å². The zero-order valence-corrected chi connectivity index (χ0v) is 27.1. The Kier molecular flexibility index (Phi) is 14.2. The van der Waals surface area contributed by atoms with Crippen LogP contribution < -0.4 is 0 Å². The van der Waals surface area contributed by atoms with Gasteiger partial charge in [0.15, 0.2) is 0 Å². The summed E-state index contributed by atoms with van der Waals surface area (Å²) in [6.45, 7) is 4.45. The Morgan fingerprint density at radius 3 is 1.26 bits per heavy atom. The molecule has 0 spiro atoms. The first-order chi connectivity index (χ1) is 19.1. The molecule has 0 radical (unpaired) electrons. The number of benzene rings is 2. The molecule has 1 heterocycles. The van der Waals surface area contributed by atoms with Gasteiger partial charge in [0.05, 0.1) is 0 Å². The molecule has 0 atom stereocenters. The summed E-state index contributed by atoms with van der Waals surface area (Å²) < 4.78 is 14.4. The van der Waals surface area contributed by atoms with E-state index in [4.69, 9.17) is 6.15 Å². The van der Waals surface area contributed by atoms with Gasteiger partial charge in [-0.15, -0.1) is 0 Å². The van der Waals surface area contributed by atoms with E-state index in [2.05, 4.69) is 13.8 Å². The van der Waals surface area contributed by atoms with Gasteiger partial charge in [0.1, 0.15) is 0 Å². The fourth-order valence-electron chi connectivity index (χ4n) is 5.36. The van der Waals surface area contributed by atoms with Crippen LogP contribution in [0.25, 0.3) is 0 Å². The van der Waals surface area contributed by atoms with E-state index >= 15 is 0 Å². The van der Waals surface area contributed by atoms with Gasteiger partial charge >= 0.3 is 242 Å². The molecule has 0 N–H and O–H groups in total. The van der Waals surface area contributed by atoms with Gasteiger partial charge in [-0.2, -0.15) is 0 Å². The van der Waals surface area contributed by atoms with Crippen LogP contribution in [0.5, 0.6) is 0 Å². The molecule has 39 heavy (non-hydrogen) atoms. The van der Waals surface area contributed by atoms with E-state index in [0.29, 0.717) is 24.0 Å². The van der Waals surface area contributed by atoms with Gasteiger partial charge in [0.2, 0.25) is 0 Å². The second kappa shape index (κ2) is 17.6. The van der Waals surface area contributed by atoms with Gasteiger partial charge in [-0.05, 0) is 0 Å². The summed E-state index contributed by atoms with van der Waals surface area (Å²) in [5.41, 5.74) is 2.94.